The van der Waals surface area contributed by atoms with Gasteiger partial charge in [0.1, 0.15) is 5.75 Å². The van der Waals surface area contributed by atoms with Gasteiger partial charge in [-0.05, 0) is 68.7 Å². The summed E-state index contributed by atoms with van der Waals surface area (Å²) < 4.78 is 5.57. The first-order chi connectivity index (χ1) is 15.9. The van der Waals surface area contributed by atoms with Gasteiger partial charge < -0.3 is 19.9 Å². The van der Waals surface area contributed by atoms with E-state index in [1.165, 1.54) is 0 Å². The number of carbonyl (C=O) groups is 2. The molecule has 1 saturated heterocycles. The minimum absolute atomic E-state index is 0.111. The number of ether oxygens (including phenoxy) is 1. The molecule has 0 spiro atoms. The van der Waals surface area contributed by atoms with Crippen molar-refractivity contribution in [3.63, 3.8) is 0 Å². The van der Waals surface area contributed by atoms with E-state index in [4.69, 9.17) is 4.74 Å². The van der Waals surface area contributed by atoms with Crippen molar-refractivity contribution >= 4 is 23.8 Å². The fourth-order valence-electron chi connectivity index (χ4n) is 4.73. The quantitative estimate of drug-likeness (QED) is 0.487. The van der Waals surface area contributed by atoms with Crippen molar-refractivity contribution in [1.82, 2.24) is 20.2 Å². The summed E-state index contributed by atoms with van der Waals surface area (Å²) in [7, 11) is 0. The van der Waals surface area contributed by atoms with Crippen LogP contribution in [0.15, 0.2) is 41.8 Å². The summed E-state index contributed by atoms with van der Waals surface area (Å²) in [4.78, 5) is 34.5. The van der Waals surface area contributed by atoms with Crippen LogP contribution in [0.4, 0.5) is 4.79 Å². The first kappa shape index (κ1) is 26.1. The SMILES string of the molecule is CC(Sc1ncc[nH]1)C1CCN(C(=O)Oc2ccc(C(=O)NC(C)(C)CC(C)(C)C)cc2)CC1. The summed E-state index contributed by atoms with van der Waals surface area (Å²) in [5.74, 6) is 0.842. The van der Waals surface area contributed by atoms with Gasteiger partial charge in [-0.3, -0.25) is 4.79 Å². The number of aromatic amines is 1. The molecule has 7 nitrogen and oxygen atoms in total. The molecule has 186 valence electrons. The number of amides is 2. The maximum Gasteiger partial charge on any atom is 0.415 e. The van der Waals surface area contributed by atoms with E-state index in [0.29, 0.717) is 35.6 Å². The fourth-order valence-corrected chi connectivity index (χ4v) is 5.80. The van der Waals surface area contributed by atoms with Crippen LogP contribution in [0.5, 0.6) is 5.75 Å². The number of hydrogen-bond acceptors (Lipinski definition) is 5. The van der Waals surface area contributed by atoms with Crippen LogP contribution < -0.4 is 10.1 Å². The minimum Gasteiger partial charge on any atom is -0.410 e. The van der Waals surface area contributed by atoms with Crippen LogP contribution in [0.1, 0.15) is 71.2 Å². The lowest BCUT2D eigenvalue weighted by atomic mass is 9.81. The third-order valence-corrected chi connectivity index (χ3v) is 7.18. The van der Waals surface area contributed by atoms with E-state index in [1.807, 2.05) is 20.0 Å². The van der Waals surface area contributed by atoms with Gasteiger partial charge in [-0.25, -0.2) is 9.78 Å². The van der Waals surface area contributed by atoms with Crippen molar-refractivity contribution in [3.05, 3.63) is 42.2 Å². The molecular formula is C26H38N4O3S. The molecule has 1 aliphatic rings. The normalized spacial score (nSPS) is 16.2. The highest BCUT2D eigenvalue weighted by molar-refractivity contribution is 7.99. The number of H-pyrrole nitrogens is 1. The zero-order valence-electron chi connectivity index (χ0n) is 21.2. The van der Waals surface area contributed by atoms with Crippen molar-refractivity contribution in [2.24, 2.45) is 11.3 Å². The highest BCUT2D eigenvalue weighted by Crippen LogP contribution is 2.32. The van der Waals surface area contributed by atoms with Crippen LogP contribution in [0, 0.1) is 11.3 Å². The smallest absolute Gasteiger partial charge is 0.410 e. The number of benzene rings is 1. The second kappa shape index (κ2) is 10.8. The molecule has 2 heterocycles. The number of piperidine rings is 1. The molecule has 1 aromatic carbocycles. The number of carbonyl (C=O) groups excluding carboxylic acids is 2. The standard InChI is InChI=1S/C26H38N4O3S/c1-18(34-23-27-13-14-28-23)19-11-15-30(16-12-19)24(32)33-21-9-7-20(8-10-21)22(31)29-26(5,6)17-25(2,3)4/h7-10,13-14,18-19H,11-12,15-17H2,1-6H3,(H,27,28)(H,29,31). The zero-order chi connectivity index (χ0) is 24.9. The maximum atomic E-state index is 12.7. The molecule has 0 aliphatic carbocycles. The van der Waals surface area contributed by atoms with Gasteiger partial charge in [-0.2, -0.15) is 0 Å². The third kappa shape index (κ3) is 7.79. The molecule has 2 aromatic rings. The molecule has 34 heavy (non-hydrogen) atoms. The van der Waals surface area contributed by atoms with E-state index in [1.54, 1.807) is 47.1 Å². The predicted octanol–water partition coefficient (Wildman–Crippen LogP) is 5.75. The summed E-state index contributed by atoms with van der Waals surface area (Å²) in [5, 5.41) is 4.47. The van der Waals surface area contributed by atoms with Gasteiger partial charge in [0, 0.05) is 41.8 Å². The number of likely N-dealkylation sites (tertiary alicyclic amines) is 1. The third-order valence-electron chi connectivity index (χ3n) is 5.98. The molecule has 1 atom stereocenters. The van der Waals surface area contributed by atoms with Crippen molar-refractivity contribution < 1.29 is 14.3 Å². The molecule has 8 heteroatoms. The lowest BCUT2D eigenvalue weighted by Crippen LogP contribution is -2.45. The highest BCUT2D eigenvalue weighted by atomic mass is 32.2. The molecule has 1 aliphatic heterocycles. The van der Waals surface area contributed by atoms with Crippen LogP contribution in [-0.2, 0) is 0 Å². The van der Waals surface area contributed by atoms with Gasteiger partial charge in [0.15, 0.2) is 5.16 Å². The van der Waals surface area contributed by atoms with E-state index in [0.717, 1.165) is 24.4 Å². The Labute approximate surface area is 207 Å². The zero-order valence-corrected chi connectivity index (χ0v) is 22.0. The Morgan fingerprint density at radius 2 is 1.82 bits per heavy atom. The monoisotopic (exact) mass is 486 g/mol. The van der Waals surface area contributed by atoms with Crippen molar-refractivity contribution in [1.29, 1.82) is 0 Å². The van der Waals surface area contributed by atoms with Gasteiger partial charge >= 0.3 is 6.09 Å². The molecule has 0 radical (unpaired) electrons. The number of rotatable bonds is 7. The summed E-state index contributed by atoms with van der Waals surface area (Å²) >= 11 is 1.74. The van der Waals surface area contributed by atoms with Crippen LogP contribution >= 0.6 is 11.8 Å². The van der Waals surface area contributed by atoms with Crippen LogP contribution in [0.2, 0.25) is 0 Å². The van der Waals surface area contributed by atoms with E-state index in [9.17, 15) is 9.59 Å². The van der Waals surface area contributed by atoms with Crippen LogP contribution in [0.3, 0.4) is 0 Å². The molecule has 1 fully saturated rings. The van der Waals surface area contributed by atoms with Crippen molar-refractivity contribution in [2.75, 3.05) is 13.1 Å². The average molecular weight is 487 g/mol. The summed E-state index contributed by atoms with van der Waals surface area (Å²) in [6, 6.07) is 6.76. The largest absolute Gasteiger partial charge is 0.415 e. The Morgan fingerprint density at radius 3 is 2.38 bits per heavy atom. The van der Waals surface area contributed by atoms with E-state index in [2.05, 4.69) is 43.0 Å². The number of thioether (sulfide) groups is 1. The van der Waals surface area contributed by atoms with Gasteiger partial charge in [0.2, 0.25) is 0 Å². The number of nitrogens with zero attached hydrogens (tertiary/aromatic N) is 2. The molecule has 1 aromatic heterocycles. The first-order valence-electron chi connectivity index (χ1n) is 12.0. The Kier molecular flexibility index (Phi) is 8.34. The average Bonchev–Trinajstić information content (AvgIpc) is 3.25. The summed E-state index contributed by atoms with van der Waals surface area (Å²) in [6.45, 7) is 14.1. The maximum absolute atomic E-state index is 12.7. The van der Waals surface area contributed by atoms with E-state index in [-0.39, 0.29) is 23.0 Å². The van der Waals surface area contributed by atoms with E-state index >= 15 is 0 Å². The summed E-state index contributed by atoms with van der Waals surface area (Å²) in [6.07, 6.45) is 5.99. The Balaban J connectivity index is 1.47. The summed E-state index contributed by atoms with van der Waals surface area (Å²) in [5.41, 5.74) is 0.339. The number of nitrogens with one attached hydrogen (secondary N) is 2. The van der Waals surface area contributed by atoms with Crippen LogP contribution in [-0.4, -0.2) is 50.7 Å². The Hall–Kier alpha value is -2.48. The van der Waals surface area contributed by atoms with Gasteiger partial charge in [-0.15, -0.1) is 0 Å². The Morgan fingerprint density at radius 1 is 1.18 bits per heavy atom. The van der Waals surface area contributed by atoms with Gasteiger partial charge in [-0.1, -0.05) is 39.5 Å². The molecular weight excluding hydrogens is 448 g/mol. The molecule has 3 rings (SSSR count). The minimum atomic E-state index is -0.340. The Bertz CT molecular complexity index is 943. The fraction of sp³-hybridized carbons (Fsp3) is 0.577. The first-order valence-corrected chi connectivity index (χ1v) is 12.9. The number of imidazole rings is 1. The molecule has 0 bridgehead atoms. The highest BCUT2D eigenvalue weighted by Gasteiger charge is 2.29. The second-order valence-electron chi connectivity index (χ2n) is 11.0. The van der Waals surface area contributed by atoms with E-state index < -0.39 is 0 Å². The van der Waals surface area contributed by atoms with Gasteiger partial charge in [0.25, 0.3) is 5.91 Å². The molecule has 2 amide bonds. The van der Waals surface area contributed by atoms with Crippen molar-refractivity contribution in [3.8, 4) is 5.75 Å². The lowest BCUT2D eigenvalue weighted by molar-refractivity contribution is 0.0891. The topological polar surface area (TPSA) is 87.3 Å². The molecule has 0 saturated carbocycles. The second-order valence-corrected chi connectivity index (χ2v) is 12.4. The predicted molar refractivity (Wildman–Crippen MR) is 136 cm³/mol. The molecule has 2 N–H and O–H groups in total. The lowest BCUT2D eigenvalue weighted by Gasteiger charge is -2.33. The van der Waals surface area contributed by atoms with Crippen LogP contribution in [0.25, 0.3) is 0 Å². The van der Waals surface area contributed by atoms with Crippen molar-refractivity contribution in [2.45, 2.75) is 76.8 Å². The number of hydrogen-bond donors (Lipinski definition) is 2. The number of aromatic nitrogens is 2. The van der Waals surface area contributed by atoms with Gasteiger partial charge in [0.05, 0.1) is 0 Å². The molecule has 1 unspecified atom stereocenters.